The summed E-state index contributed by atoms with van der Waals surface area (Å²) in [5.41, 5.74) is 0.378. The first-order chi connectivity index (χ1) is 8.09. The lowest BCUT2D eigenvalue weighted by Gasteiger charge is -2.30. The second-order valence-electron chi connectivity index (χ2n) is 4.07. The van der Waals surface area contributed by atoms with Crippen LogP contribution in [0.2, 0.25) is 0 Å². The van der Waals surface area contributed by atoms with Crippen LogP contribution in [0.25, 0.3) is 0 Å². The van der Waals surface area contributed by atoms with Gasteiger partial charge in [-0.05, 0) is 18.6 Å². The number of hydrogen-bond acceptors (Lipinski definition) is 3. The topological polar surface area (TPSA) is 77.8 Å². The molecule has 1 atom stereocenters. The first-order valence-electron chi connectivity index (χ1n) is 5.40. The molecule has 1 aliphatic heterocycles. The van der Waals surface area contributed by atoms with Crippen molar-refractivity contribution in [3.63, 3.8) is 0 Å². The standard InChI is InChI=1S/C12H13NO4/c14-10-4-2-1-3-9(10)13-7-8(12(16)17)5-6-11(13)15/h1-4,8,14H,5-7H2,(H,16,17). The number of aromatic hydroxyl groups is 1. The number of para-hydroxylation sites is 2. The average molecular weight is 235 g/mol. The van der Waals surface area contributed by atoms with Gasteiger partial charge in [-0.25, -0.2) is 0 Å². The molecule has 1 aliphatic rings. The van der Waals surface area contributed by atoms with Gasteiger partial charge in [0, 0.05) is 13.0 Å². The molecule has 90 valence electrons. The number of phenols is 1. The molecule has 1 unspecified atom stereocenters. The third-order valence-corrected chi connectivity index (χ3v) is 2.93. The maximum Gasteiger partial charge on any atom is 0.308 e. The number of carboxylic acids is 1. The maximum atomic E-state index is 11.7. The highest BCUT2D eigenvalue weighted by molar-refractivity contribution is 5.96. The van der Waals surface area contributed by atoms with E-state index in [0.717, 1.165) is 0 Å². The van der Waals surface area contributed by atoms with Gasteiger partial charge in [0.2, 0.25) is 5.91 Å². The average Bonchev–Trinajstić information content (AvgIpc) is 2.30. The third kappa shape index (κ3) is 2.22. The molecule has 5 heteroatoms. The molecule has 1 amide bonds. The Balaban J connectivity index is 2.27. The molecule has 1 aromatic carbocycles. The summed E-state index contributed by atoms with van der Waals surface area (Å²) in [6, 6.07) is 6.44. The molecule has 5 nitrogen and oxygen atoms in total. The Morgan fingerprint density at radius 1 is 1.35 bits per heavy atom. The Morgan fingerprint density at radius 2 is 2.06 bits per heavy atom. The lowest BCUT2D eigenvalue weighted by Crippen LogP contribution is -2.42. The number of aliphatic carboxylic acids is 1. The number of piperidine rings is 1. The fourth-order valence-electron chi connectivity index (χ4n) is 1.97. The van der Waals surface area contributed by atoms with E-state index in [0.29, 0.717) is 12.1 Å². The molecule has 1 fully saturated rings. The lowest BCUT2D eigenvalue weighted by atomic mass is 9.97. The minimum atomic E-state index is -0.905. The molecule has 2 N–H and O–H groups in total. The van der Waals surface area contributed by atoms with Crippen molar-refractivity contribution in [3.8, 4) is 5.75 Å². The molecule has 0 saturated carbocycles. The zero-order valence-electron chi connectivity index (χ0n) is 9.17. The van der Waals surface area contributed by atoms with Crippen molar-refractivity contribution in [1.29, 1.82) is 0 Å². The molecule has 0 spiro atoms. The minimum Gasteiger partial charge on any atom is -0.506 e. The highest BCUT2D eigenvalue weighted by atomic mass is 16.4. The van der Waals surface area contributed by atoms with Gasteiger partial charge < -0.3 is 15.1 Å². The summed E-state index contributed by atoms with van der Waals surface area (Å²) < 4.78 is 0. The van der Waals surface area contributed by atoms with Crippen LogP contribution < -0.4 is 4.90 Å². The van der Waals surface area contributed by atoms with Gasteiger partial charge >= 0.3 is 5.97 Å². The van der Waals surface area contributed by atoms with Crippen LogP contribution in [0.5, 0.6) is 5.75 Å². The first kappa shape index (κ1) is 11.4. The highest BCUT2D eigenvalue weighted by Gasteiger charge is 2.31. The molecular formula is C12H13NO4. The highest BCUT2D eigenvalue weighted by Crippen LogP contribution is 2.31. The van der Waals surface area contributed by atoms with E-state index in [1.165, 1.54) is 11.0 Å². The number of benzene rings is 1. The van der Waals surface area contributed by atoms with Gasteiger partial charge in [-0.15, -0.1) is 0 Å². The van der Waals surface area contributed by atoms with Crippen LogP contribution in [0.3, 0.4) is 0 Å². The summed E-state index contributed by atoms with van der Waals surface area (Å²) in [5, 5.41) is 18.6. The van der Waals surface area contributed by atoms with Crippen molar-refractivity contribution in [2.45, 2.75) is 12.8 Å². The number of rotatable bonds is 2. The summed E-state index contributed by atoms with van der Waals surface area (Å²) in [4.78, 5) is 24.0. The Kier molecular flexibility index (Phi) is 2.99. The van der Waals surface area contributed by atoms with Gasteiger partial charge in [0.25, 0.3) is 0 Å². The summed E-state index contributed by atoms with van der Waals surface area (Å²) in [5.74, 6) is -1.62. The Labute approximate surface area is 98.3 Å². The number of amides is 1. The molecule has 2 rings (SSSR count). The number of hydrogen-bond donors (Lipinski definition) is 2. The Hall–Kier alpha value is -2.04. The molecular weight excluding hydrogens is 222 g/mol. The van der Waals surface area contributed by atoms with Gasteiger partial charge in [0.05, 0.1) is 11.6 Å². The van der Waals surface area contributed by atoms with Crippen molar-refractivity contribution in [1.82, 2.24) is 0 Å². The van der Waals surface area contributed by atoms with Crippen LogP contribution in [0.1, 0.15) is 12.8 Å². The number of anilines is 1. The van der Waals surface area contributed by atoms with E-state index in [1.54, 1.807) is 18.2 Å². The maximum absolute atomic E-state index is 11.7. The monoisotopic (exact) mass is 235 g/mol. The second kappa shape index (κ2) is 4.45. The van der Waals surface area contributed by atoms with Gasteiger partial charge in [0.15, 0.2) is 0 Å². The van der Waals surface area contributed by atoms with Crippen LogP contribution >= 0.6 is 0 Å². The second-order valence-corrected chi connectivity index (χ2v) is 4.07. The number of carbonyl (C=O) groups excluding carboxylic acids is 1. The van der Waals surface area contributed by atoms with Gasteiger partial charge in [-0.3, -0.25) is 9.59 Å². The summed E-state index contributed by atoms with van der Waals surface area (Å²) in [6.07, 6.45) is 0.559. The Morgan fingerprint density at radius 3 is 2.71 bits per heavy atom. The number of phenolic OH excluding ortho intramolecular Hbond substituents is 1. The zero-order chi connectivity index (χ0) is 12.4. The summed E-state index contributed by atoms with van der Waals surface area (Å²) in [7, 11) is 0. The van der Waals surface area contributed by atoms with Crippen LogP contribution in [0, 0.1) is 5.92 Å². The zero-order valence-corrected chi connectivity index (χ0v) is 9.17. The number of carbonyl (C=O) groups is 2. The summed E-state index contributed by atoms with van der Waals surface area (Å²) >= 11 is 0. The van der Waals surface area contributed by atoms with Crippen LogP contribution in [0.4, 0.5) is 5.69 Å². The Bertz CT molecular complexity index is 458. The van der Waals surface area contributed by atoms with Crippen LogP contribution in [-0.2, 0) is 9.59 Å². The number of nitrogens with zero attached hydrogens (tertiary/aromatic N) is 1. The fraction of sp³-hybridized carbons (Fsp3) is 0.333. The van der Waals surface area contributed by atoms with E-state index in [9.17, 15) is 14.7 Å². The fourth-order valence-corrected chi connectivity index (χ4v) is 1.97. The smallest absolute Gasteiger partial charge is 0.308 e. The molecule has 1 heterocycles. The molecule has 1 aromatic rings. The van der Waals surface area contributed by atoms with Crippen LogP contribution in [-0.4, -0.2) is 28.6 Å². The quantitative estimate of drug-likeness (QED) is 0.807. The molecule has 1 saturated heterocycles. The first-order valence-corrected chi connectivity index (χ1v) is 5.40. The van der Waals surface area contributed by atoms with E-state index in [-0.39, 0.29) is 24.6 Å². The van der Waals surface area contributed by atoms with Gasteiger partial charge in [-0.2, -0.15) is 0 Å². The molecule has 17 heavy (non-hydrogen) atoms. The van der Waals surface area contributed by atoms with Crippen molar-refractivity contribution in [2.75, 3.05) is 11.4 Å². The predicted molar refractivity (Wildman–Crippen MR) is 60.8 cm³/mol. The van der Waals surface area contributed by atoms with Crippen molar-refractivity contribution in [2.24, 2.45) is 5.92 Å². The number of carboxylic acid groups (broad SMARTS) is 1. The van der Waals surface area contributed by atoms with E-state index >= 15 is 0 Å². The van der Waals surface area contributed by atoms with E-state index < -0.39 is 11.9 Å². The predicted octanol–water partition coefficient (Wildman–Crippen LogP) is 1.22. The third-order valence-electron chi connectivity index (χ3n) is 2.93. The van der Waals surface area contributed by atoms with E-state index in [2.05, 4.69) is 0 Å². The van der Waals surface area contributed by atoms with Crippen molar-refractivity contribution in [3.05, 3.63) is 24.3 Å². The van der Waals surface area contributed by atoms with Crippen molar-refractivity contribution >= 4 is 17.6 Å². The minimum absolute atomic E-state index is 0.00751. The molecule has 0 aromatic heterocycles. The molecule has 0 aliphatic carbocycles. The van der Waals surface area contributed by atoms with E-state index in [4.69, 9.17) is 5.11 Å². The molecule has 0 bridgehead atoms. The summed E-state index contributed by atoms with van der Waals surface area (Å²) in [6.45, 7) is 0.117. The van der Waals surface area contributed by atoms with Gasteiger partial charge in [0.1, 0.15) is 5.75 Å². The lowest BCUT2D eigenvalue weighted by molar-refractivity contribution is -0.142. The SMILES string of the molecule is O=C(O)C1CCC(=O)N(c2ccccc2O)C1. The van der Waals surface area contributed by atoms with Gasteiger partial charge in [-0.1, -0.05) is 12.1 Å². The van der Waals surface area contributed by atoms with E-state index in [1.807, 2.05) is 0 Å². The largest absolute Gasteiger partial charge is 0.506 e. The van der Waals surface area contributed by atoms with Crippen molar-refractivity contribution < 1.29 is 19.8 Å². The van der Waals surface area contributed by atoms with Crippen LogP contribution in [0.15, 0.2) is 24.3 Å². The normalized spacial score (nSPS) is 20.4. The molecule has 0 radical (unpaired) electrons.